The molecule has 2 fully saturated rings. The van der Waals surface area contributed by atoms with Gasteiger partial charge in [0.2, 0.25) is 5.91 Å². The summed E-state index contributed by atoms with van der Waals surface area (Å²) in [5, 5.41) is 12.6. The van der Waals surface area contributed by atoms with Gasteiger partial charge in [0.25, 0.3) is 0 Å². The molecular weight excluding hydrogens is 314 g/mol. The second kappa shape index (κ2) is 7.14. The van der Waals surface area contributed by atoms with Crippen molar-refractivity contribution in [2.75, 3.05) is 19.8 Å². The number of carbonyl (C=O) groups is 1. The first-order valence-electron chi connectivity index (χ1n) is 9.25. The number of aliphatic hydroxyl groups is 1. The summed E-state index contributed by atoms with van der Waals surface area (Å²) in [6, 6.07) is 14.4. The van der Waals surface area contributed by atoms with Crippen molar-refractivity contribution in [1.29, 1.82) is 0 Å². The van der Waals surface area contributed by atoms with Gasteiger partial charge < -0.3 is 14.7 Å². The molecule has 3 atom stereocenters. The molecule has 4 heteroatoms. The minimum Gasteiger partial charge on any atom is -0.393 e. The third kappa shape index (κ3) is 3.42. The van der Waals surface area contributed by atoms with Crippen LogP contribution >= 0.6 is 0 Å². The highest BCUT2D eigenvalue weighted by molar-refractivity contribution is 5.85. The van der Waals surface area contributed by atoms with Crippen LogP contribution in [0.2, 0.25) is 0 Å². The van der Waals surface area contributed by atoms with Crippen LogP contribution < -0.4 is 0 Å². The van der Waals surface area contributed by atoms with Gasteiger partial charge in [-0.15, -0.1) is 0 Å². The molecule has 1 aliphatic heterocycles. The molecule has 4 rings (SSSR count). The van der Waals surface area contributed by atoms with Gasteiger partial charge >= 0.3 is 0 Å². The molecule has 2 aromatic rings. The molecule has 1 N–H and O–H groups in total. The van der Waals surface area contributed by atoms with E-state index in [4.69, 9.17) is 4.74 Å². The number of fused-ring (bicyclic) bond motifs is 1. The highest BCUT2D eigenvalue weighted by Gasteiger charge is 2.39. The molecule has 4 nitrogen and oxygen atoms in total. The molecule has 1 amide bonds. The maximum absolute atomic E-state index is 13.0. The van der Waals surface area contributed by atoms with Gasteiger partial charge in [0.05, 0.1) is 31.8 Å². The molecule has 25 heavy (non-hydrogen) atoms. The zero-order valence-corrected chi connectivity index (χ0v) is 14.4. The normalized spacial score (nSPS) is 26.9. The Morgan fingerprint density at radius 2 is 2.00 bits per heavy atom. The second-order valence-corrected chi connectivity index (χ2v) is 7.25. The van der Waals surface area contributed by atoms with Crippen LogP contribution in [0.1, 0.15) is 24.8 Å². The summed E-state index contributed by atoms with van der Waals surface area (Å²) in [4.78, 5) is 14.9. The molecule has 0 aromatic heterocycles. The number of hydrogen-bond donors (Lipinski definition) is 1. The van der Waals surface area contributed by atoms with Crippen LogP contribution in [0.25, 0.3) is 10.8 Å². The van der Waals surface area contributed by atoms with E-state index in [1.807, 2.05) is 23.1 Å². The Labute approximate surface area is 148 Å². The molecule has 0 radical (unpaired) electrons. The average molecular weight is 339 g/mol. The van der Waals surface area contributed by atoms with Gasteiger partial charge in [-0.3, -0.25) is 4.79 Å². The molecule has 3 unspecified atom stereocenters. The maximum atomic E-state index is 13.0. The quantitative estimate of drug-likeness (QED) is 0.935. The summed E-state index contributed by atoms with van der Waals surface area (Å²) < 4.78 is 5.63. The van der Waals surface area contributed by atoms with E-state index in [0.29, 0.717) is 26.2 Å². The van der Waals surface area contributed by atoms with Gasteiger partial charge in [0.15, 0.2) is 0 Å². The van der Waals surface area contributed by atoms with Crippen molar-refractivity contribution in [3.8, 4) is 0 Å². The summed E-state index contributed by atoms with van der Waals surface area (Å²) >= 11 is 0. The van der Waals surface area contributed by atoms with Crippen LogP contribution in [0.5, 0.6) is 0 Å². The molecule has 132 valence electrons. The van der Waals surface area contributed by atoms with Gasteiger partial charge in [-0.05, 0) is 29.2 Å². The first-order valence-corrected chi connectivity index (χ1v) is 9.25. The molecule has 0 bridgehead atoms. The zero-order valence-electron chi connectivity index (χ0n) is 14.4. The van der Waals surface area contributed by atoms with Gasteiger partial charge in [-0.2, -0.15) is 0 Å². The predicted molar refractivity (Wildman–Crippen MR) is 97.3 cm³/mol. The fourth-order valence-corrected chi connectivity index (χ4v) is 4.33. The van der Waals surface area contributed by atoms with E-state index < -0.39 is 0 Å². The first-order chi connectivity index (χ1) is 12.2. The van der Waals surface area contributed by atoms with Gasteiger partial charge in [0, 0.05) is 12.5 Å². The number of aliphatic hydroxyl groups excluding tert-OH is 1. The SMILES string of the molecule is O=C(Cc1ccc2ccccc2c1)N1CCOCC1C1CCCC1O. The van der Waals surface area contributed by atoms with Crippen molar-refractivity contribution < 1.29 is 14.6 Å². The maximum Gasteiger partial charge on any atom is 0.227 e. The van der Waals surface area contributed by atoms with Crippen LogP contribution in [0.15, 0.2) is 42.5 Å². The van der Waals surface area contributed by atoms with Crippen LogP contribution in [-0.2, 0) is 16.0 Å². The Bertz CT molecular complexity index is 760. The number of amides is 1. The van der Waals surface area contributed by atoms with Crippen LogP contribution in [0.4, 0.5) is 0 Å². The molecule has 1 saturated carbocycles. The van der Waals surface area contributed by atoms with E-state index in [-0.39, 0.29) is 24.0 Å². The van der Waals surface area contributed by atoms with E-state index >= 15 is 0 Å². The smallest absolute Gasteiger partial charge is 0.227 e. The Morgan fingerprint density at radius 1 is 1.16 bits per heavy atom. The van der Waals surface area contributed by atoms with Crippen molar-refractivity contribution in [3.05, 3.63) is 48.0 Å². The van der Waals surface area contributed by atoms with Crippen molar-refractivity contribution >= 4 is 16.7 Å². The molecular formula is C21H25NO3. The fraction of sp³-hybridized carbons (Fsp3) is 0.476. The number of benzene rings is 2. The predicted octanol–water partition coefficient (Wildman–Crippen LogP) is 2.77. The lowest BCUT2D eigenvalue weighted by Gasteiger charge is -2.40. The highest BCUT2D eigenvalue weighted by Crippen LogP contribution is 2.32. The van der Waals surface area contributed by atoms with Crippen molar-refractivity contribution in [2.24, 2.45) is 5.92 Å². The van der Waals surface area contributed by atoms with Crippen molar-refractivity contribution in [1.82, 2.24) is 4.90 Å². The third-order valence-corrected chi connectivity index (χ3v) is 5.68. The largest absolute Gasteiger partial charge is 0.393 e. The minimum atomic E-state index is -0.303. The molecule has 1 saturated heterocycles. The monoisotopic (exact) mass is 339 g/mol. The molecule has 2 aromatic carbocycles. The summed E-state index contributed by atoms with van der Waals surface area (Å²) in [5.74, 6) is 0.295. The third-order valence-electron chi connectivity index (χ3n) is 5.68. The summed E-state index contributed by atoms with van der Waals surface area (Å²) in [6.45, 7) is 1.76. The van der Waals surface area contributed by atoms with E-state index in [1.165, 1.54) is 5.39 Å². The molecule has 2 aliphatic rings. The number of ether oxygens (including phenoxy) is 1. The zero-order chi connectivity index (χ0) is 17.2. The number of nitrogens with zero attached hydrogens (tertiary/aromatic N) is 1. The number of morpholine rings is 1. The average Bonchev–Trinajstić information content (AvgIpc) is 3.07. The Hall–Kier alpha value is -1.91. The number of rotatable bonds is 3. The molecule has 1 heterocycles. The van der Waals surface area contributed by atoms with Crippen molar-refractivity contribution in [3.63, 3.8) is 0 Å². The van der Waals surface area contributed by atoms with Crippen LogP contribution in [0, 0.1) is 5.92 Å². The van der Waals surface area contributed by atoms with E-state index in [1.54, 1.807) is 0 Å². The van der Waals surface area contributed by atoms with Gasteiger partial charge in [0.1, 0.15) is 0 Å². The summed E-state index contributed by atoms with van der Waals surface area (Å²) in [5.41, 5.74) is 1.04. The lowest BCUT2D eigenvalue weighted by atomic mass is 9.93. The van der Waals surface area contributed by atoms with Crippen molar-refractivity contribution in [2.45, 2.75) is 37.8 Å². The van der Waals surface area contributed by atoms with E-state index in [2.05, 4.69) is 24.3 Å². The van der Waals surface area contributed by atoms with E-state index in [9.17, 15) is 9.90 Å². The summed E-state index contributed by atoms with van der Waals surface area (Å²) in [6.07, 6.45) is 2.96. The van der Waals surface area contributed by atoms with Gasteiger partial charge in [-0.1, -0.05) is 48.9 Å². The summed E-state index contributed by atoms with van der Waals surface area (Å²) in [7, 11) is 0. The van der Waals surface area contributed by atoms with Crippen LogP contribution in [-0.4, -0.2) is 47.8 Å². The second-order valence-electron chi connectivity index (χ2n) is 7.25. The van der Waals surface area contributed by atoms with E-state index in [0.717, 1.165) is 30.2 Å². The standard InChI is InChI=1S/C21H25NO3/c23-20-7-3-6-18(20)19-14-25-11-10-22(19)21(24)13-15-8-9-16-4-1-2-5-17(16)12-15/h1-2,4-5,8-9,12,18-20,23H,3,6-7,10-11,13-14H2. The number of carbonyl (C=O) groups excluding carboxylic acids is 1. The first kappa shape index (κ1) is 16.6. The Morgan fingerprint density at radius 3 is 2.80 bits per heavy atom. The Balaban J connectivity index is 1.51. The molecule has 1 aliphatic carbocycles. The lowest BCUT2D eigenvalue weighted by molar-refractivity contribution is -0.143. The van der Waals surface area contributed by atoms with Gasteiger partial charge in [-0.25, -0.2) is 0 Å². The number of hydrogen-bond acceptors (Lipinski definition) is 3. The lowest BCUT2D eigenvalue weighted by Crippen LogP contribution is -2.54. The highest BCUT2D eigenvalue weighted by atomic mass is 16.5. The Kier molecular flexibility index (Phi) is 4.73. The fourth-order valence-electron chi connectivity index (χ4n) is 4.33. The molecule has 0 spiro atoms. The minimum absolute atomic E-state index is 0.0132. The van der Waals surface area contributed by atoms with Crippen LogP contribution in [0.3, 0.4) is 0 Å². The topological polar surface area (TPSA) is 49.8 Å².